The molecule has 0 radical (unpaired) electrons. The van der Waals surface area contributed by atoms with E-state index in [2.05, 4.69) is 16.3 Å². The lowest BCUT2D eigenvalue weighted by Gasteiger charge is -2.34. The highest BCUT2D eigenvalue weighted by Gasteiger charge is 2.24. The molecule has 2 N–H and O–H groups in total. The third-order valence-electron chi connectivity index (χ3n) is 4.59. The van der Waals surface area contributed by atoms with Crippen LogP contribution in [0.15, 0.2) is 42.5 Å². The normalized spacial score (nSPS) is 14.9. The van der Waals surface area contributed by atoms with Crippen LogP contribution < -0.4 is 19.9 Å². The molecule has 1 amide bonds. The zero-order chi connectivity index (χ0) is 19.2. The second-order valence-corrected chi connectivity index (χ2v) is 6.90. The van der Waals surface area contributed by atoms with Gasteiger partial charge in [-0.15, -0.1) is 0 Å². The lowest BCUT2D eigenvalue weighted by Crippen LogP contribution is -3.15. The molecule has 7 heteroatoms. The number of piperazine rings is 1. The fourth-order valence-electron chi connectivity index (χ4n) is 3.24. The number of ether oxygens (including phenoxy) is 1. The Morgan fingerprint density at radius 1 is 1.26 bits per heavy atom. The van der Waals surface area contributed by atoms with Crippen LogP contribution in [-0.4, -0.2) is 45.2 Å². The van der Waals surface area contributed by atoms with E-state index in [1.54, 1.807) is 0 Å². The van der Waals surface area contributed by atoms with Crippen LogP contribution in [-0.2, 0) is 4.79 Å². The van der Waals surface area contributed by atoms with Gasteiger partial charge in [-0.3, -0.25) is 4.79 Å². The van der Waals surface area contributed by atoms with Crippen LogP contribution in [0.4, 0.5) is 15.8 Å². The first-order valence-electron chi connectivity index (χ1n) is 9.12. The number of rotatable bonds is 6. The van der Waals surface area contributed by atoms with Gasteiger partial charge in [-0.1, -0.05) is 23.7 Å². The maximum Gasteiger partial charge on any atom is 0.279 e. The number of para-hydroxylation sites is 2. The third kappa shape index (κ3) is 5.11. The van der Waals surface area contributed by atoms with E-state index in [0.717, 1.165) is 37.6 Å². The number of carbonyl (C=O) groups is 1. The van der Waals surface area contributed by atoms with Crippen LogP contribution >= 0.6 is 11.6 Å². The van der Waals surface area contributed by atoms with E-state index in [-0.39, 0.29) is 10.9 Å². The summed E-state index contributed by atoms with van der Waals surface area (Å²) >= 11 is 5.75. The molecule has 1 aliphatic heterocycles. The molecule has 1 aliphatic rings. The lowest BCUT2D eigenvalue weighted by molar-refractivity contribution is -0.892. The van der Waals surface area contributed by atoms with Crippen LogP contribution in [0.5, 0.6) is 5.75 Å². The van der Waals surface area contributed by atoms with E-state index in [1.165, 1.54) is 23.1 Å². The highest BCUT2D eigenvalue weighted by Crippen LogP contribution is 2.27. The van der Waals surface area contributed by atoms with Crippen molar-refractivity contribution in [2.24, 2.45) is 0 Å². The van der Waals surface area contributed by atoms with Crippen molar-refractivity contribution in [1.82, 2.24) is 0 Å². The molecule has 1 fully saturated rings. The summed E-state index contributed by atoms with van der Waals surface area (Å²) in [6.45, 7) is 6.41. The van der Waals surface area contributed by atoms with Gasteiger partial charge in [-0.2, -0.15) is 0 Å². The molecule has 1 saturated heterocycles. The molecular weight excluding hydrogens is 369 g/mol. The molecule has 144 valence electrons. The van der Waals surface area contributed by atoms with E-state index in [0.29, 0.717) is 18.8 Å². The number of hydrogen-bond acceptors (Lipinski definition) is 3. The summed E-state index contributed by atoms with van der Waals surface area (Å²) in [5.41, 5.74) is 1.61. The summed E-state index contributed by atoms with van der Waals surface area (Å²) in [6, 6.07) is 12.2. The van der Waals surface area contributed by atoms with Crippen LogP contribution in [0, 0.1) is 5.82 Å². The second-order valence-electron chi connectivity index (χ2n) is 6.49. The number of anilines is 2. The average molecular weight is 393 g/mol. The zero-order valence-electron chi connectivity index (χ0n) is 15.3. The van der Waals surface area contributed by atoms with E-state index >= 15 is 0 Å². The number of quaternary nitrogens is 1. The van der Waals surface area contributed by atoms with Crippen molar-refractivity contribution in [3.8, 4) is 5.75 Å². The van der Waals surface area contributed by atoms with E-state index in [4.69, 9.17) is 16.3 Å². The predicted molar refractivity (Wildman–Crippen MR) is 105 cm³/mol. The number of halogens is 2. The fourth-order valence-corrected chi connectivity index (χ4v) is 3.42. The topological polar surface area (TPSA) is 46.0 Å². The summed E-state index contributed by atoms with van der Waals surface area (Å²) in [5, 5.41) is 2.78. The highest BCUT2D eigenvalue weighted by atomic mass is 35.5. The molecule has 3 rings (SSSR count). The molecule has 5 nitrogen and oxygen atoms in total. The summed E-state index contributed by atoms with van der Waals surface area (Å²) < 4.78 is 18.9. The van der Waals surface area contributed by atoms with Crippen molar-refractivity contribution in [3.63, 3.8) is 0 Å². The Labute approximate surface area is 163 Å². The Hall–Kier alpha value is -2.31. The fraction of sp³-hybridized carbons (Fsp3) is 0.350. The first-order valence-corrected chi connectivity index (χ1v) is 9.50. The van der Waals surface area contributed by atoms with Crippen LogP contribution in [0.3, 0.4) is 0 Å². The van der Waals surface area contributed by atoms with Crippen molar-refractivity contribution in [2.75, 3.05) is 49.5 Å². The monoisotopic (exact) mass is 392 g/mol. The number of benzene rings is 2. The summed E-state index contributed by atoms with van der Waals surface area (Å²) in [5.74, 6) is 0.300. The van der Waals surface area contributed by atoms with Gasteiger partial charge in [0, 0.05) is 5.69 Å². The minimum atomic E-state index is -0.497. The molecule has 27 heavy (non-hydrogen) atoms. The SMILES string of the molecule is CCOc1ccccc1N1CC[NH+](CC(=O)Nc2ccc(F)c(Cl)c2)CC1. The number of carbonyl (C=O) groups excluding carboxylic acids is 1. The highest BCUT2D eigenvalue weighted by molar-refractivity contribution is 6.31. The first kappa shape index (κ1) is 19.5. The van der Waals surface area contributed by atoms with E-state index in [9.17, 15) is 9.18 Å². The molecule has 0 saturated carbocycles. The molecule has 0 aromatic heterocycles. The smallest absolute Gasteiger partial charge is 0.279 e. The van der Waals surface area contributed by atoms with Gasteiger partial charge in [0.05, 0.1) is 43.5 Å². The molecule has 0 unspecified atom stereocenters. The summed E-state index contributed by atoms with van der Waals surface area (Å²) in [7, 11) is 0. The van der Waals surface area contributed by atoms with Gasteiger partial charge in [0.15, 0.2) is 6.54 Å². The Morgan fingerprint density at radius 3 is 2.70 bits per heavy atom. The van der Waals surface area contributed by atoms with Crippen molar-refractivity contribution in [2.45, 2.75) is 6.92 Å². The van der Waals surface area contributed by atoms with Gasteiger partial charge in [0.2, 0.25) is 0 Å². The molecule has 0 bridgehead atoms. The third-order valence-corrected chi connectivity index (χ3v) is 4.88. The lowest BCUT2D eigenvalue weighted by atomic mass is 10.2. The van der Waals surface area contributed by atoms with Gasteiger partial charge >= 0.3 is 0 Å². The van der Waals surface area contributed by atoms with Gasteiger partial charge < -0.3 is 19.9 Å². The first-order chi connectivity index (χ1) is 13.1. The Morgan fingerprint density at radius 2 is 2.00 bits per heavy atom. The maximum atomic E-state index is 13.2. The number of nitrogens with zero attached hydrogens (tertiary/aromatic N) is 1. The van der Waals surface area contributed by atoms with E-state index < -0.39 is 5.82 Å². The number of nitrogens with one attached hydrogen (secondary N) is 2. The number of hydrogen-bond donors (Lipinski definition) is 2. The minimum Gasteiger partial charge on any atom is -0.492 e. The predicted octanol–water partition coefficient (Wildman–Crippen LogP) is 2.22. The zero-order valence-corrected chi connectivity index (χ0v) is 16.1. The van der Waals surface area contributed by atoms with Crippen molar-refractivity contribution in [1.29, 1.82) is 0 Å². The van der Waals surface area contributed by atoms with Crippen molar-refractivity contribution in [3.05, 3.63) is 53.3 Å². The Bertz CT molecular complexity index is 795. The Balaban J connectivity index is 1.52. The maximum absolute atomic E-state index is 13.2. The van der Waals surface area contributed by atoms with Gasteiger partial charge in [0.1, 0.15) is 11.6 Å². The quantitative estimate of drug-likeness (QED) is 0.792. The van der Waals surface area contributed by atoms with Crippen molar-refractivity contribution < 1.29 is 18.8 Å². The standard InChI is InChI=1S/C20H23ClFN3O2/c1-2-27-19-6-4-3-5-18(19)25-11-9-24(10-12-25)14-20(26)23-15-7-8-17(22)16(21)13-15/h3-8,13H,2,9-12,14H2,1H3,(H,23,26)/p+1. The molecule has 2 aromatic rings. The van der Waals surface area contributed by atoms with Crippen LogP contribution in [0.25, 0.3) is 0 Å². The molecule has 0 atom stereocenters. The average Bonchev–Trinajstić information content (AvgIpc) is 2.66. The molecular formula is C20H24ClFN3O2+. The largest absolute Gasteiger partial charge is 0.492 e. The summed E-state index contributed by atoms with van der Waals surface area (Å²) in [6.07, 6.45) is 0. The Kier molecular flexibility index (Phi) is 6.53. The van der Waals surface area contributed by atoms with Gasteiger partial charge in [0.25, 0.3) is 5.91 Å². The molecule has 2 aromatic carbocycles. The van der Waals surface area contributed by atoms with Gasteiger partial charge in [-0.25, -0.2) is 4.39 Å². The molecule has 0 spiro atoms. The summed E-state index contributed by atoms with van der Waals surface area (Å²) in [4.78, 5) is 15.8. The van der Waals surface area contributed by atoms with Crippen LogP contribution in [0.2, 0.25) is 5.02 Å². The second kappa shape index (κ2) is 9.06. The van der Waals surface area contributed by atoms with Gasteiger partial charge in [-0.05, 0) is 37.3 Å². The van der Waals surface area contributed by atoms with Crippen molar-refractivity contribution >= 4 is 28.9 Å². The van der Waals surface area contributed by atoms with Crippen LogP contribution in [0.1, 0.15) is 6.92 Å². The molecule has 0 aliphatic carbocycles. The minimum absolute atomic E-state index is 0.00160. The molecule has 1 heterocycles. The number of amides is 1. The van der Waals surface area contributed by atoms with E-state index in [1.807, 2.05) is 25.1 Å².